The van der Waals surface area contributed by atoms with E-state index in [1.54, 1.807) is 24.3 Å². The van der Waals surface area contributed by atoms with E-state index in [0.29, 0.717) is 5.56 Å². The summed E-state index contributed by atoms with van der Waals surface area (Å²) in [7, 11) is 0. The second kappa shape index (κ2) is 9.54. The van der Waals surface area contributed by atoms with E-state index in [1.807, 2.05) is 12.1 Å². The lowest BCUT2D eigenvalue weighted by Gasteiger charge is -2.20. The van der Waals surface area contributed by atoms with E-state index in [4.69, 9.17) is 15.3 Å². The Morgan fingerprint density at radius 3 is 2.36 bits per heavy atom. The summed E-state index contributed by atoms with van der Waals surface area (Å²) in [5.74, 6) is -1.02. The van der Waals surface area contributed by atoms with E-state index >= 15 is 0 Å². The van der Waals surface area contributed by atoms with Gasteiger partial charge in [0.1, 0.15) is 0 Å². The van der Waals surface area contributed by atoms with Crippen LogP contribution in [0.1, 0.15) is 23.2 Å². The number of benzene rings is 1. The number of nitriles is 2. The van der Waals surface area contributed by atoms with Crippen LogP contribution in [-0.4, -0.2) is 36.5 Å². The summed E-state index contributed by atoms with van der Waals surface area (Å²) in [6, 6.07) is 10.5. The lowest BCUT2D eigenvalue weighted by Crippen LogP contribution is -2.36. The monoisotopic (exact) mass is 363 g/mol. The van der Waals surface area contributed by atoms with Crippen LogP contribution in [0, 0.1) is 22.7 Å². The number of hydrogen-bond donors (Lipinski definition) is 0. The summed E-state index contributed by atoms with van der Waals surface area (Å²) >= 11 is 3.25. The van der Waals surface area contributed by atoms with Crippen molar-refractivity contribution in [1.82, 2.24) is 4.90 Å². The standard InChI is InChI=1S/C15H14BrN3O3/c16-13-5-1-4-12(10-13)15(21)22-11-14(20)19(8-2-6-17)9-3-7-18/h1,4-5,10H,2-3,8-9,11H2. The first-order valence-electron chi connectivity index (χ1n) is 6.53. The molecule has 0 saturated heterocycles. The van der Waals surface area contributed by atoms with Gasteiger partial charge in [0.05, 0.1) is 30.5 Å². The van der Waals surface area contributed by atoms with E-state index in [2.05, 4.69) is 15.9 Å². The number of nitrogens with zero attached hydrogens (tertiary/aromatic N) is 3. The number of halogens is 1. The molecular formula is C15H14BrN3O3. The van der Waals surface area contributed by atoms with Crippen molar-refractivity contribution in [1.29, 1.82) is 10.5 Å². The molecule has 1 amide bonds. The van der Waals surface area contributed by atoms with Crippen molar-refractivity contribution < 1.29 is 14.3 Å². The third-order valence-electron chi connectivity index (χ3n) is 2.73. The quantitative estimate of drug-likeness (QED) is 0.692. The van der Waals surface area contributed by atoms with Crippen molar-refractivity contribution in [3.05, 3.63) is 34.3 Å². The fraction of sp³-hybridized carbons (Fsp3) is 0.333. The van der Waals surface area contributed by atoms with Gasteiger partial charge in [-0.2, -0.15) is 10.5 Å². The Bertz CT molecular complexity index is 601. The summed E-state index contributed by atoms with van der Waals surface area (Å²) in [5.41, 5.74) is 0.336. The summed E-state index contributed by atoms with van der Waals surface area (Å²) in [5, 5.41) is 17.1. The number of hydrogen-bond acceptors (Lipinski definition) is 5. The van der Waals surface area contributed by atoms with Crippen LogP contribution in [0.4, 0.5) is 0 Å². The zero-order valence-electron chi connectivity index (χ0n) is 11.8. The molecule has 0 aliphatic rings. The number of carbonyl (C=O) groups is 2. The minimum Gasteiger partial charge on any atom is -0.452 e. The highest BCUT2D eigenvalue weighted by Crippen LogP contribution is 2.12. The lowest BCUT2D eigenvalue weighted by atomic mass is 10.2. The predicted octanol–water partition coefficient (Wildman–Crippen LogP) is 2.26. The van der Waals surface area contributed by atoms with Gasteiger partial charge < -0.3 is 9.64 Å². The van der Waals surface area contributed by atoms with Crippen LogP contribution in [-0.2, 0) is 9.53 Å². The third-order valence-corrected chi connectivity index (χ3v) is 3.22. The van der Waals surface area contributed by atoms with Gasteiger partial charge in [-0.1, -0.05) is 22.0 Å². The minimum absolute atomic E-state index is 0.163. The highest BCUT2D eigenvalue weighted by atomic mass is 79.9. The fourth-order valence-corrected chi connectivity index (χ4v) is 2.05. The average Bonchev–Trinajstić information content (AvgIpc) is 2.52. The molecule has 0 atom stereocenters. The van der Waals surface area contributed by atoms with E-state index in [0.717, 1.165) is 4.47 Å². The largest absolute Gasteiger partial charge is 0.452 e. The van der Waals surface area contributed by atoms with Crippen LogP contribution in [0.25, 0.3) is 0 Å². The van der Waals surface area contributed by atoms with E-state index in [9.17, 15) is 9.59 Å². The number of rotatable bonds is 7. The van der Waals surface area contributed by atoms with Gasteiger partial charge in [-0.3, -0.25) is 4.79 Å². The Morgan fingerprint density at radius 1 is 1.18 bits per heavy atom. The van der Waals surface area contributed by atoms with Gasteiger partial charge in [-0.15, -0.1) is 0 Å². The van der Waals surface area contributed by atoms with Crippen LogP contribution in [0.5, 0.6) is 0 Å². The first-order chi connectivity index (χ1) is 10.6. The van der Waals surface area contributed by atoms with Crippen LogP contribution < -0.4 is 0 Å². The molecule has 22 heavy (non-hydrogen) atoms. The molecule has 0 bridgehead atoms. The minimum atomic E-state index is -0.602. The molecule has 0 aliphatic carbocycles. The molecule has 0 saturated carbocycles. The Hall–Kier alpha value is -2.38. The van der Waals surface area contributed by atoms with Crippen molar-refractivity contribution in [3.63, 3.8) is 0 Å². The number of ether oxygens (including phenoxy) is 1. The number of amides is 1. The Kier molecular flexibility index (Phi) is 7.66. The first kappa shape index (κ1) is 17.7. The van der Waals surface area contributed by atoms with Gasteiger partial charge in [0, 0.05) is 17.6 Å². The van der Waals surface area contributed by atoms with Gasteiger partial charge >= 0.3 is 5.97 Å². The maximum absolute atomic E-state index is 12.0. The number of carbonyl (C=O) groups excluding carboxylic acids is 2. The molecule has 0 aliphatic heterocycles. The Morgan fingerprint density at radius 2 is 1.82 bits per heavy atom. The van der Waals surface area contributed by atoms with Gasteiger partial charge in [0.2, 0.25) is 0 Å². The molecule has 0 radical (unpaired) electrons. The van der Waals surface area contributed by atoms with Crippen molar-refractivity contribution >= 4 is 27.8 Å². The Balaban J connectivity index is 2.56. The highest BCUT2D eigenvalue weighted by Gasteiger charge is 2.16. The SMILES string of the molecule is N#CCCN(CCC#N)C(=O)COC(=O)c1cccc(Br)c1. The van der Waals surface area contributed by atoms with Crippen molar-refractivity contribution in [2.45, 2.75) is 12.8 Å². The Labute approximate surface area is 137 Å². The summed E-state index contributed by atoms with van der Waals surface area (Å²) < 4.78 is 5.70. The second-order valence-corrected chi connectivity index (χ2v) is 5.20. The van der Waals surface area contributed by atoms with Crippen molar-refractivity contribution in [2.75, 3.05) is 19.7 Å². The lowest BCUT2D eigenvalue weighted by molar-refractivity contribution is -0.134. The third kappa shape index (κ3) is 5.94. The molecule has 0 fully saturated rings. The summed E-state index contributed by atoms with van der Waals surface area (Å²) in [4.78, 5) is 25.2. The molecule has 0 N–H and O–H groups in total. The molecule has 0 unspecified atom stereocenters. The molecule has 114 valence electrons. The van der Waals surface area contributed by atoms with Crippen molar-refractivity contribution in [2.24, 2.45) is 0 Å². The van der Waals surface area contributed by atoms with Gasteiger partial charge in [0.15, 0.2) is 6.61 Å². The number of esters is 1. The molecule has 0 spiro atoms. The van der Waals surface area contributed by atoms with Gasteiger partial charge in [-0.05, 0) is 18.2 Å². The normalized spacial score (nSPS) is 9.41. The van der Waals surface area contributed by atoms with Gasteiger partial charge in [-0.25, -0.2) is 4.79 Å². The van der Waals surface area contributed by atoms with Crippen LogP contribution in [0.2, 0.25) is 0 Å². The molecule has 7 heteroatoms. The van der Waals surface area contributed by atoms with E-state index < -0.39 is 18.5 Å². The fourth-order valence-electron chi connectivity index (χ4n) is 1.65. The molecule has 1 rings (SSSR count). The maximum atomic E-state index is 12.0. The smallest absolute Gasteiger partial charge is 0.338 e. The van der Waals surface area contributed by atoms with Crippen LogP contribution in [0.15, 0.2) is 28.7 Å². The molecule has 0 aromatic heterocycles. The molecule has 6 nitrogen and oxygen atoms in total. The summed E-state index contributed by atoms with van der Waals surface area (Å²) in [6.45, 7) is 0.0130. The zero-order valence-corrected chi connectivity index (χ0v) is 13.4. The topological polar surface area (TPSA) is 94.2 Å². The van der Waals surface area contributed by atoms with Gasteiger partial charge in [0.25, 0.3) is 5.91 Å². The first-order valence-corrected chi connectivity index (χ1v) is 7.32. The highest BCUT2D eigenvalue weighted by molar-refractivity contribution is 9.10. The molecule has 1 aromatic carbocycles. The average molecular weight is 364 g/mol. The van der Waals surface area contributed by atoms with E-state index in [1.165, 1.54) is 4.90 Å². The molecule has 1 aromatic rings. The van der Waals surface area contributed by atoms with E-state index in [-0.39, 0.29) is 25.9 Å². The van der Waals surface area contributed by atoms with Crippen molar-refractivity contribution in [3.8, 4) is 12.1 Å². The predicted molar refractivity (Wildman–Crippen MR) is 81.5 cm³/mol. The summed E-state index contributed by atoms with van der Waals surface area (Å²) in [6.07, 6.45) is 0.327. The molecular weight excluding hydrogens is 350 g/mol. The van der Waals surface area contributed by atoms with Crippen LogP contribution in [0.3, 0.4) is 0 Å². The maximum Gasteiger partial charge on any atom is 0.338 e. The zero-order chi connectivity index (χ0) is 16.4. The second-order valence-electron chi connectivity index (χ2n) is 4.28. The molecule has 0 heterocycles. The van der Waals surface area contributed by atoms with Crippen LogP contribution >= 0.6 is 15.9 Å².